The van der Waals surface area contributed by atoms with Crippen LogP contribution in [0.5, 0.6) is 0 Å². The van der Waals surface area contributed by atoms with E-state index in [-0.39, 0.29) is 30.1 Å². The Labute approximate surface area is 156 Å². The molecule has 0 saturated heterocycles. The number of carbonyl (C=O) groups excluding carboxylic acids is 2. The second-order valence-electron chi connectivity index (χ2n) is 6.62. The van der Waals surface area contributed by atoms with Gasteiger partial charge >= 0.3 is 0 Å². The zero-order valence-electron chi connectivity index (χ0n) is 14.5. The van der Waals surface area contributed by atoms with Crippen molar-refractivity contribution in [3.8, 4) is 0 Å². The number of carbonyl (C=O) groups is 2. The van der Waals surface area contributed by atoms with Crippen molar-refractivity contribution >= 4 is 23.2 Å². The Kier molecular flexibility index (Phi) is 6.39. The number of hydrogen-bond donors (Lipinski definition) is 2. The second kappa shape index (κ2) is 8.94. The molecule has 0 unspecified atom stereocenters. The van der Waals surface area contributed by atoms with E-state index >= 15 is 0 Å². The van der Waals surface area contributed by atoms with E-state index < -0.39 is 0 Å². The molecule has 2 aromatic rings. The van der Waals surface area contributed by atoms with Crippen LogP contribution in [0, 0.1) is 11.7 Å². The second-order valence-corrected chi connectivity index (χ2v) is 7.57. The van der Waals surface area contributed by atoms with Crippen LogP contribution in [-0.4, -0.2) is 18.4 Å². The summed E-state index contributed by atoms with van der Waals surface area (Å²) in [6.07, 6.45) is 4.68. The lowest BCUT2D eigenvalue weighted by molar-refractivity contribution is -0.122. The van der Waals surface area contributed by atoms with Crippen molar-refractivity contribution in [2.45, 2.75) is 38.1 Å². The fraction of sp³-hybridized carbons (Fsp3) is 0.400. The van der Waals surface area contributed by atoms with Gasteiger partial charge in [0, 0.05) is 13.0 Å². The Balaban J connectivity index is 1.55. The van der Waals surface area contributed by atoms with Crippen molar-refractivity contribution in [1.82, 2.24) is 10.6 Å². The normalized spacial score (nSPS) is 15.6. The predicted molar refractivity (Wildman–Crippen MR) is 101 cm³/mol. The molecule has 6 heteroatoms. The quantitative estimate of drug-likeness (QED) is 0.768. The lowest BCUT2D eigenvalue weighted by Crippen LogP contribution is -2.35. The van der Waals surface area contributed by atoms with Crippen LogP contribution in [0.3, 0.4) is 0 Å². The molecule has 1 fully saturated rings. The van der Waals surface area contributed by atoms with Gasteiger partial charge in [-0.25, -0.2) is 4.39 Å². The van der Waals surface area contributed by atoms with Crippen LogP contribution in [0.15, 0.2) is 41.8 Å². The number of nitrogens with one attached hydrogen (secondary N) is 2. The van der Waals surface area contributed by atoms with E-state index in [0.717, 1.165) is 31.2 Å². The van der Waals surface area contributed by atoms with Gasteiger partial charge in [0.1, 0.15) is 5.82 Å². The predicted octanol–water partition coefficient (Wildman–Crippen LogP) is 4.05. The summed E-state index contributed by atoms with van der Waals surface area (Å²) < 4.78 is 13.2. The third-order valence-corrected chi connectivity index (χ3v) is 5.67. The number of benzene rings is 1. The van der Waals surface area contributed by atoms with Crippen LogP contribution in [0.2, 0.25) is 0 Å². The van der Waals surface area contributed by atoms with Crippen molar-refractivity contribution in [2.24, 2.45) is 5.92 Å². The van der Waals surface area contributed by atoms with E-state index in [9.17, 15) is 14.0 Å². The Hall–Kier alpha value is -2.21. The molecule has 1 atom stereocenters. The van der Waals surface area contributed by atoms with Crippen LogP contribution in [0.1, 0.15) is 53.4 Å². The summed E-state index contributed by atoms with van der Waals surface area (Å²) in [7, 11) is 0. The molecular formula is C20H23FN2O2S. The topological polar surface area (TPSA) is 58.2 Å². The van der Waals surface area contributed by atoms with E-state index in [0.29, 0.717) is 17.3 Å². The van der Waals surface area contributed by atoms with Gasteiger partial charge in [-0.3, -0.25) is 9.59 Å². The first kappa shape index (κ1) is 18.6. The zero-order valence-corrected chi connectivity index (χ0v) is 15.4. The SMILES string of the molecule is O=C(CCNC(=O)c1cccs1)N[C@H](c1ccc(F)cc1)C1CCCC1. The maximum Gasteiger partial charge on any atom is 0.261 e. The van der Waals surface area contributed by atoms with Crippen LogP contribution in [-0.2, 0) is 4.79 Å². The van der Waals surface area contributed by atoms with Crippen LogP contribution in [0.25, 0.3) is 0 Å². The van der Waals surface area contributed by atoms with Crippen LogP contribution >= 0.6 is 11.3 Å². The Morgan fingerprint density at radius 3 is 2.54 bits per heavy atom. The first-order valence-electron chi connectivity index (χ1n) is 9.00. The molecule has 2 N–H and O–H groups in total. The summed E-state index contributed by atoms with van der Waals surface area (Å²) in [4.78, 5) is 24.9. The summed E-state index contributed by atoms with van der Waals surface area (Å²) in [5.74, 6) is -0.150. The third-order valence-electron chi connectivity index (χ3n) is 4.80. The highest BCUT2D eigenvalue weighted by molar-refractivity contribution is 7.12. The minimum atomic E-state index is -0.276. The van der Waals surface area contributed by atoms with E-state index in [1.165, 1.54) is 23.5 Å². The molecule has 3 rings (SSSR count). The smallest absolute Gasteiger partial charge is 0.261 e. The van der Waals surface area contributed by atoms with Crippen molar-refractivity contribution in [3.05, 3.63) is 58.0 Å². The summed E-state index contributed by atoms with van der Waals surface area (Å²) in [5, 5.41) is 7.70. The molecule has 0 aliphatic heterocycles. The summed E-state index contributed by atoms with van der Waals surface area (Å²) in [6, 6.07) is 9.84. The average molecular weight is 374 g/mol. The van der Waals surface area contributed by atoms with Crippen molar-refractivity contribution < 1.29 is 14.0 Å². The molecule has 1 heterocycles. The van der Waals surface area contributed by atoms with Gasteiger partial charge in [-0.2, -0.15) is 0 Å². The number of rotatable bonds is 7. The van der Waals surface area contributed by atoms with Gasteiger partial charge in [0.25, 0.3) is 5.91 Å². The molecule has 2 amide bonds. The van der Waals surface area contributed by atoms with Crippen molar-refractivity contribution in [3.63, 3.8) is 0 Å². The van der Waals surface area contributed by atoms with E-state index in [1.54, 1.807) is 18.2 Å². The van der Waals surface area contributed by atoms with E-state index in [1.807, 2.05) is 11.4 Å². The van der Waals surface area contributed by atoms with Gasteiger partial charge in [0.05, 0.1) is 10.9 Å². The van der Waals surface area contributed by atoms with Gasteiger partial charge in [0.2, 0.25) is 5.91 Å². The lowest BCUT2D eigenvalue weighted by atomic mass is 9.91. The molecule has 0 bridgehead atoms. The summed E-state index contributed by atoms with van der Waals surface area (Å²) >= 11 is 1.37. The summed E-state index contributed by atoms with van der Waals surface area (Å²) in [5.41, 5.74) is 0.939. The molecule has 138 valence electrons. The number of amides is 2. The Bertz CT molecular complexity index is 725. The van der Waals surface area contributed by atoms with Crippen LogP contribution < -0.4 is 10.6 Å². The van der Waals surface area contributed by atoms with Gasteiger partial charge in [-0.1, -0.05) is 31.0 Å². The monoisotopic (exact) mass is 374 g/mol. The Morgan fingerprint density at radius 2 is 1.88 bits per heavy atom. The van der Waals surface area contributed by atoms with Gasteiger partial charge in [-0.05, 0) is 47.9 Å². The lowest BCUT2D eigenvalue weighted by Gasteiger charge is -2.25. The maximum atomic E-state index is 13.2. The highest BCUT2D eigenvalue weighted by Crippen LogP contribution is 2.35. The molecule has 1 aliphatic carbocycles. The molecule has 0 spiro atoms. The number of thiophene rings is 1. The van der Waals surface area contributed by atoms with Crippen molar-refractivity contribution in [2.75, 3.05) is 6.54 Å². The average Bonchev–Trinajstić information content (AvgIpc) is 3.34. The minimum absolute atomic E-state index is 0.0985. The third kappa shape index (κ3) is 4.91. The van der Waals surface area contributed by atoms with Gasteiger partial charge in [-0.15, -0.1) is 11.3 Å². The minimum Gasteiger partial charge on any atom is -0.351 e. The highest BCUT2D eigenvalue weighted by Gasteiger charge is 2.27. The fourth-order valence-electron chi connectivity index (χ4n) is 3.46. The van der Waals surface area contributed by atoms with Crippen LogP contribution in [0.4, 0.5) is 4.39 Å². The van der Waals surface area contributed by atoms with Gasteiger partial charge in [0.15, 0.2) is 0 Å². The maximum absolute atomic E-state index is 13.2. The molecule has 1 saturated carbocycles. The molecular weight excluding hydrogens is 351 g/mol. The largest absolute Gasteiger partial charge is 0.351 e. The molecule has 1 aromatic heterocycles. The standard InChI is InChI=1S/C20H23FN2O2S/c21-16-9-7-15(8-10-16)19(14-4-1-2-5-14)23-18(24)11-12-22-20(25)17-6-3-13-26-17/h3,6-10,13-14,19H,1-2,4-5,11-12H2,(H,22,25)(H,23,24)/t19-/m0/s1. The molecule has 0 radical (unpaired) electrons. The highest BCUT2D eigenvalue weighted by atomic mass is 32.1. The molecule has 4 nitrogen and oxygen atoms in total. The van der Waals surface area contributed by atoms with E-state index in [4.69, 9.17) is 0 Å². The first-order chi connectivity index (χ1) is 12.6. The molecule has 26 heavy (non-hydrogen) atoms. The Morgan fingerprint density at radius 1 is 1.15 bits per heavy atom. The first-order valence-corrected chi connectivity index (χ1v) is 9.88. The molecule has 1 aromatic carbocycles. The summed E-state index contributed by atoms with van der Waals surface area (Å²) in [6.45, 7) is 0.295. The molecule has 1 aliphatic rings. The number of halogens is 1. The zero-order chi connectivity index (χ0) is 18.4. The fourth-order valence-corrected chi connectivity index (χ4v) is 4.10. The van der Waals surface area contributed by atoms with E-state index in [2.05, 4.69) is 10.6 Å². The van der Waals surface area contributed by atoms with Gasteiger partial charge < -0.3 is 10.6 Å². The number of hydrogen-bond acceptors (Lipinski definition) is 3. The van der Waals surface area contributed by atoms with Crippen molar-refractivity contribution in [1.29, 1.82) is 0 Å².